The molecule has 1 aliphatic rings. The molecule has 1 aromatic carbocycles. The number of carbonyl (C=O) groups excluding carboxylic acids is 1. The first kappa shape index (κ1) is 14.8. The number of nitrogens with zero attached hydrogens (tertiary/aromatic N) is 2. The molecular formula is C10H6ClF3N2O3S. The Balaban J connectivity index is 2.60. The van der Waals surface area contributed by atoms with Crippen molar-refractivity contribution in [2.75, 3.05) is 7.05 Å². The third-order valence-electron chi connectivity index (χ3n) is 2.55. The highest BCUT2D eigenvalue weighted by Crippen LogP contribution is 2.33. The van der Waals surface area contributed by atoms with Crippen molar-refractivity contribution < 1.29 is 26.4 Å². The van der Waals surface area contributed by atoms with Gasteiger partial charge in [0.05, 0.1) is 10.6 Å². The average Bonchev–Trinajstić information content (AvgIpc) is 2.60. The zero-order valence-electron chi connectivity index (χ0n) is 9.77. The number of rotatable bonds is 0. The summed E-state index contributed by atoms with van der Waals surface area (Å²) < 4.78 is 63.8. The Morgan fingerprint density at radius 3 is 2.50 bits per heavy atom. The fourth-order valence-electron chi connectivity index (χ4n) is 1.66. The largest absolute Gasteiger partial charge is 0.471 e. The first-order chi connectivity index (χ1) is 9.05. The lowest BCUT2D eigenvalue weighted by molar-refractivity contribution is -0.180. The molecular weight excluding hydrogens is 321 g/mol. The summed E-state index contributed by atoms with van der Waals surface area (Å²) in [6, 6.07) is 3.77. The second-order valence-electron chi connectivity index (χ2n) is 3.86. The van der Waals surface area contributed by atoms with E-state index in [1.165, 1.54) is 12.1 Å². The molecule has 0 unspecified atom stereocenters. The number of hydrogen-bond donors (Lipinski definition) is 0. The Hall–Kier alpha value is -1.61. The number of carbonyl (C=O) groups is 1. The van der Waals surface area contributed by atoms with E-state index in [9.17, 15) is 26.4 Å². The van der Waals surface area contributed by atoms with Crippen LogP contribution in [0.15, 0.2) is 27.5 Å². The lowest BCUT2D eigenvalue weighted by Crippen LogP contribution is -2.42. The fraction of sp³-hybridized carbons (Fsp3) is 0.200. The fourth-order valence-corrected chi connectivity index (χ4v) is 3.22. The van der Waals surface area contributed by atoms with Gasteiger partial charge in [0.25, 0.3) is 10.0 Å². The van der Waals surface area contributed by atoms with Crippen LogP contribution in [-0.2, 0) is 14.8 Å². The van der Waals surface area contributed by atoms with Gasteiger partial charge in [-0.1, -0.05) is 17.7 Å². The molecule has 0 atom stereocenters. The Morgan fingerprint density at radius 1 is 1.35 bits per heavy atom. The zero-order chi connectivity index (χ0) is 15.3. The minimum Gasteiger partial charge on any atom is -0.291 e. The van der Waals surface area contributed by atoms with Crippen molar-refractivity contribution in [3.05, 3.63) is 28.8 Å². The molecule has 1 heterocycles. The SMILES string of the molecule is CN(C(=O)C(F)(F)F)C1=NS(=O)(=O)c2cccc(Cl)c21. The van der Waals surface area contributed by atoms with Gasteiger partial charge in [0.15, 0.2) is 5.84 Å². The molecule has 108 valence electrons. The highest BCUT2D eigenvalue weighted by atomic mass is 35.5. The standard InChI is InChI=1S/C10H6ClF3N2O3S/c1-16(9(17)10(12,13)14)8-7-5(11)3-2-4-6(7)20(18,19)15-8/h2-4H,1H3. The van der Waals surface area contributed by atoms with Gasteiger partial charge in [-0.25, -0.2) is 0 Å². The summed E-state index contributed by atoms with van der Waals surface area (Å²) in [5.41, 5.74) is -0.214. The van der Waals surface area contributed by atoms with E-state index in [1.54, 1.807) is 0 Å². The van der Waals surface area contributed by atoms with E-state index in [-0.39, 0.29) is 20.4 Å². The highest BCUT2D eigenvalue weighted by Gasteiger charge is 2.45. The minimum absolute atomic E-state index is 0.107. The number of fused-ring (bicyclic) bond motifs is 1. The number of alkyl halides is 3. The monoisotopic (exact) mass is 326 g/mol. The summed E-state index contributed by atoms with van der Waals surface area (Å²) >= 11 is 5.79. The second kappa shape index (κ2) is 4.45. The molecule has 1 aliphatic heterocycles. The summed E-state index contributed by atoms with van der Waals surface area (Å²) in [5, 5.41) is -0.107. The predicted octanol–water partition coefficient (Wildman–Crippen LogP) is 1.81. The molecule has 2 rings (SSSR count). The van der Waals surface area contributed by atoms with Gasteiger partial charge in [-0.15, -0.1) is 4.40 Å². The zero-order valence-corrected chi connectivity index (χ0v) is 11.3. The lowest BCUT2D eigenvalue weighted by atomic mass is 10.2. The number of amides is 1. The van der Waals surface area contributed by atoms with Crippen LogP contribution in [0.1, 0.15) is 5.56 Å². The molecule has 0 bridgehead atoms. The maximum absolute atomic E-state index is 12.4. The number of hydrogen-bond acceptors (Lipinski definition) is 3. The highest BCUT2D eigenvalue weighted by molar-refractivity contribution is 7.90. The summed E-state index contributed by atoms with van der Waals surface area (Å²) in [6.45, 7) is 0. The number of sulfonamides is 1. The Kier molecular flexibility index (Phi) is 3.29. The van der Waals surface area contributed by atoms with Crippen LogP contribution in [0.25, 0.3) is 0 Å². The van der Waals surface area contributed by atoms with Crippen molar-refractivity contribution in [3.8, 4) is 0 Å². The van der Waals surface area contributed by atoms with Crippen molar-refractivity contribution in [1.82, 2.24) is 4.90 Å². The third-order valence-corrected chi connectivity index (χ3v) is 4.17. The maximum Gasteiger partial charge on any atom is 0.471 e. The first-order valence-electron chi connectivity index (χ1n) is 5.04. The molecule has 0 saturated carbocycles. The molecule has 0 aromatic heterocycles. The molecule has 0 spiro atoms. The minimum atomic E-state index is -5.15. The molecule has 1 aromatic rings. The topological polar surface area (TPSA) is 66.8 Å². The molecule has 0 fully saturated rings. The van der Waals surface area contributed by atoms with E-state index in [4.69, 9.17) is 11.6 Å². The van der Waals surface area contributed by atoms with Crippen LogP contribution in [0.4, 0.5) is 13.2 Å². The summed E-state index contributed by atoms with van der Waals surface area (Å²) in [4.78, 5) is 11.0. The van der Waals surface area contributed by atoms with Gasteiger partial charge in [0, 0.05) is 7.05 Å². The van der Waals surface area contributed by atoms with Crippen LogP contribution in [0.3, 0.4) is 0 Å². The smallest absolute Gasteiger partial charge is 0.291 e. The van der Waals surface area contributed by atoms with E-state index in [0.717, 1.165) is 13.1 Å². The molecule has 10 heteroatoms. The second-order valence-corrected chi connectivity index (χ2v) is 5.84. The van der Waals surface area contributed by atoms with Crippen LogP contribution in [0.5, 0.6) is 0 Å². The van der Waals surface area contributed by atoms with Crippen LogP contribution in [-0.4, -0.2) is 38.3 Å². The van der Waals surface area contributed by atoms with E-state index in [1.807, 2.05) is 0 Å². The molecule has 1 amide bonds. The lowest BCUT2D eigenvalue weighted by Gasteiger charge is -2.18. The molecule has 0 aliphatic carbocycles. The van der Waals surface area contributed by atoms with E-state index in [0.29, 0.717) is 0 Å². The van der Waals surface area contributed by atoms with Gasteiger partial charge >= 0.3 is 12.1 Å². The van der Waals surface area contributed by atoms with Crippen molar-refractivity contribution in [2.24, 2.45) is 4.40 Å². The van der Waals surface area contributed by atoms with Crippen LogP contribution in [0.2, 0.25) is 5.02 Å². The van der Waals surface area contributed by atoms with E-state index in [2.05, 4.69) is 4.40 Å². The number of benzene rings is 1. The first-order valence-corrected chi connectivity index (χ1v) is 6.86. The predicted molar refractivity (Wildman–Crippen MR) is 64.0 cm³/mol. The summed E-state index contributed by atoms with van der Waals surface area (Å²) in [6.07, 6.45) is -5.15. The van der Waals surface area contributed by atoms with Crippen molar-refractivity contribution in [1.29, 1.82) is 0 Å². The summed E-state index contributed by atoms with van der Waals surface area (Å²) in [7, 11) is -3.38. The maximum atomic E-state index is 12.4. The van der Waals surface area contributed by atoms with Gasteiger partial charge in [-0.05, 0) is 12.1 Å². The van der Waals surface area contributed by atoms with Crippen LogP contribution < -0.4 is 0 Å². The van der Waals surface area contributed by atoms with Crippen molar-refractivity contribution in [3.63, 3.8) is 0 Å². The van der Waals surface area contributed by atoms with Gasteiger partial charge < -0.3 is 0 Å². The van der Waals surface area contributed by atoms with Crippen LogP contribution >= 0.6 is 11.6 Å². The Bertz CT molecular complexity index is 728. The summed E-state index contributed by atoms with van der Waals surface area (Å²) in [5.74, 6) is -2.88. The van der Waals surface area contributed by atoms with Gasteiger partial charge in [-0.3, -0.25) is 9.69 Å². The Morgan fingerprint density at radius 2 is 1.95 bits per heavy atom. The van der Waals surface area contributed by atoms with Gasteiger partial charge in [0.2, 0.25) is 0 Å². The number of amidine groups is 1. The van der Waals surface area contributed by atoms with Crippen molar-refractivity contribution >= 4 is 33.4 Å². The number of halogens is 4. The molecule has 0 saturated heterocycles. The normalized spacial score (nSPS) is 16.6. The average molecular weight is 327 g/mol. The van der Waals surface area contributed by atoms with E-state index >= 15 is 0 Å². The quantitative estimate of drug-likeness (QED) is 0.730. The molecule has 20 heavy (non-hydrogen) atoms. The molecule has 0 radical (unpaired) electrons. The Labute approximate surface area is 116 Å². The molecule has 5 nitrogen and oxygen atoms in total. The van der Waals surface area contributed by atoms with Crippen LogP contribution in [0, 0.1) is 0 Å². The molecule has 0 N–H and O–H groups in total. The van der Waals surface area contributed by atoms with Gasteiger partial charge in [-0.2, -0.15) is 21.6 Å². The van der Waals surface area contributed by atoms with Gasteiger partial charge in [0.1, 0.15) is 4.90 Å². The van der Waals surface area contributed by atoms with E-state index < -0.39 is 27.9 Å². The third kappa shape index (κ3) is 2.27. The van der Waals surface area contributed by atoms with Crippen molar-refractivity contribution in [2.45, 2.75) is 11.1 Å².